The quantitative estimate of drug-likeness (QED) is 0.605. The van der Waals surface area contributed by atoms with Crippen molar-refractivity contribution < 1.29 is 24.3 Å². The maximum atomic E-state index is 13.4. The van der Waals surface area contributed by atoms with Gasteiger partial charge in [-0.1, -0.05) is 40.9 Å². The Labute approximate surface area is 223 Å². The van der Waals surface area contributed by atoms with E-state index in [1.807, 2.05) is 6.07 Å². The number of hydrogen-bond donors (Lipinski definition) is 1. The lowest BCUT2D eigenvalue weighted by Crippen LogP contribution is -2.55. The summed E-state index contributed by atoms with van der Waals surface area (Å²) in [6.45, 7) is 0.228. The molecular weight excluding hydrogens is 529 g/mol. The largest absolute Gasteiger partial charge is 0.465 e. The minimum atomic E-state index is -1.30. The molecule has 1 N–H and O–H groups in total. The summed E-state index contributed by atoms with van der Waals surface area (Å²) in [5, 5.41) is 10.7. The van der Waals surface area contributed by atoms with Crippen molar-refractivity contribution in [1.82, 2.24) is 14.7 Å². The van der Waals surface area contributed by atoms with Crippen molar-refractivity contribution >= 4 is 58.5 Å². The molecule has 190 valence electrons. The standard InChI is InChI=1S/C25H24Cl3N3O5/c1-29(23(33)14-2-5-16(26)6-3-14)21-8-9-30(13-18(21)15-4-7-19(27)20(28)10-15)24(34)22-11-17(32)12-31(22)25(35)36/h2-7,10,18,21-22H,8-9,11-13H2,1H3,(H,35,36)/t18-,21+,22+/m0/s1. The molecular formula is C25H24Cl3N3O5. The maximum Gasteiger partial charge on any atom is 0.408 e. The number of hydrogen-bond acceptors (Lipinski definition) is 4. The summed E-state index contributed by atoms with van der Waals surface area (Å²) in [7, 11) is 1.71. The van der Waals surface area contributed by atoms with E-state index in [4.69, 9.17) is 34.8 Å². The molecule has 4 rings (SSSR count). The molecule has 0 radical (unpaired) electrons. The van der Waals surface area contributed by atoms with Gasteiger partial charge >= 0.3 is 6.09 Å². The number of benzene rings is 2. The van der Waals surface area contributed by atoms with Crippen LogP contribution < -0.4 is 0 Å². The second-order valence-electron chi connectivity index (χ2n) is 9.01. The zero-order valence-electron chi connectivity index (χ0n) is 19.4. The zero-order valence-corrected chi connectivity index (χ0v) is 21.6. The molecule has 8 nitrogen and oxygen atoms in total. The van der Waals surface area contributed by atoms with Gasteiger partial charge in [0.15, 0.2) is 5.78 Å². The number of likely N-dealkylation sites (tertiary alicyclic amines) is 2. The molecule has 2 aliphatic heterocycles. The van der Waals surface area contributed by atoms with Gasteiger partial charge in [0, 0.05) is 49.1 Å². The molecule has 0 aromatic heterocycles. The molecule has 0 spiro atoms. The van der Waals surface area contributed by atoms with Crippen LogP contribution in [0.25, 0.3) is 0 Å². The van der Waals surface area contributed by atoms with Crippen LogP contribution in [0.2, 0.25) is 15.1 Å². The van der Waals surface area contributed by atoms with E-state index in [2.05, 4.69) is 0 Å². The SMILES string of the molecule is CN(C(=O)c1ccc(Cl)cc1)[C@@H]1CCN(C(=O)[C@H]2CC(=O)CN2C(=O)O)C[C@H]1c1ccc(Cl)c(Cl)c1. The van der Waals surface area contributed by atoms with Gasteiger partial charge in [-0.3, -0.25) is 19.3 Å². The van der Waals surface area contributed by atoms with E-state index in [0.717, 1.165) is 10.5 Å². The number of piperidine rings is 1. The summed E-state index contributed by atoms with van der Waals surface area (Å²) in [4.78, 5) is 54.3. The summed E-state index contributed by atoms with van der Waals surface area (Å²) < 4.78 is 0. The van der Waals surface area contributed by atoms with E-state index in [0.29, 0.717) is 33.6 Å². The Kier molecular flexibility index (Phi) is 7.78. The van der Waals surface area contributed by atoms with E-state index in [1.165, 1.54) is 0 Å². The molecule has 0 saturated carbocycles. The molecule has 3 atom stereocenters. The van der Waals surface area contributed by atoms with Crippen LogP contribution in [0, 0.1) is 0 Å². The summed E-state index contributed by atoms with van der Waals surface area (Å²) in [5.74, 6) is -1.23. The third kappa shape index (κ3) is 5.31. The molecule has 0 aliphatic carbocycles. The second kappa shape index (κ2) is 10.7. The van der Waals surface area contributed by atoms with Crippen LogP contribution in [-0.2, 0) is 9.59 Å². The fourth-order valence-electron chi connectivity index (χ4n) is 4.94. The van der Waals surface area contributed by atoms with Gasteiger partial charge in [0.05, 0.1) is 16.6 Å². The molecule has 2 aromatic rings. The first-order valence-corrected chi connectivity index (χ1v) is 12.5. The molecule has 2 aromatic carbocycles. The minimum Gasteiger partial charge on any atom is -0.465 e. The maximum absolute atomic E-state index is 13.4. The van der Waals surface area contributed by atoms with E-state index in [-0.39, 0.29) is 43.2 Å². The predicted molar refractivity (Wildman–Crippen MR) is 136 cm³/mol. The third-order valence-electron chi connectivity index (χ3n) is 6.84. The van der Waals surface area contributed by atoms with Crippen molar-refractivity contribution in [3.05, 3.63) is 68.7 Å². The van der Waals surface area contributed by atoms with Gasteiger partial charge in [-0.2, -0.15) is 0 Å². The highest BCUT2D eigenvalue weighted by atomic mass is 35.5. The smallest absolute Gasteiger partial charge is 0.408 e. The van der Waals surface area contributed by atoms with Gasteiger partial charge in [0.1, 0.15) is 6.04 Å². The number of amides is 3. The summed E-state index contributed by atoms with van der Waals surface area (Å²) >= 11 is 18.4. The van der Waals surface area contributed by atoms with Crippen molar-refractivity contribution in [2.75, 3.05) is 26.7 Å². The number of likely N-dealkylation sites (N-methyl/N-ethyl adjacent to an activating group) is 1. The highest BCUT2D eigenvalue weighted by molar-refractivity contribution is 6.42. The number of Topliss-reactive ketones (excluding diaryl/α,β-unsaturated/α-hetero) is 1. The monoisotopic (exact) mass is 551 g/mol. The first-order valence-electron chi connectivity index (χ1n) is 11.3. The van der Waals surface area contributed by atoms with Crippen LogP contribution >= 0.6 is 34.8 Å². The van der Waals surface area contributed by atoms with E-state index in [9.17, 15) is 24.3 Å². The van der Waals surface area contributed by atoms with Crippen LogP contribution in [0.4, 0.5) is 4.79 Å². The topological polar surface area (TPSA) is 98.2 Å². The van der Waals surface area contributed by atoms with Crippen molar-refractivity contribution in [3.8, 4) is 0 Å². The number of carboxylic acid groups (broad SMARTS) is 1. The Morgan fingerprint density at radius 2 is 1.72 bits per heavy atom. The lowest BCUT2D eigenvalue weighted by Gasteiger charge is -2.44. The fraction of sp³-hybridized carbons (Fsp3) is 0.360. The first kappa shape index (κ1) is 26.3. The van der Waals surface area contributed by atoms with E-state index >= 15 is 0 Å². The van der Waals surface area contributed by atoms with Crippen molar-refractivity contribution in [2.24, 2.45) is 0 Å². The molecule has 36 heavy (non-hydrogen) atoms. The highest BCUT2D eigenvalue weighted by Crippen LogP contribution is 2.35. The third-order valence-corrected chi connectivity index (χ3v) is 7.83. The lowest BCUT2D eigenvalue weighted by atomic mass is 9.84. The van der Waals surface area contributed by atoms with Crippen molar-refractivity contribution in [2.45, 2.75) is 30.8 Å². The Morgan fingerprint density at radius 3 is 2.36 bits per heavy atom. The van der Waals surface area contributed by atoms with Crippen molar-refractivity contribution in [3.63, 3.8) is 0 Å². The summed E-state index contributed by atoms with van der Waals surface area (Å²) in [5.41, 5.74) is 1.27. The lowest BCUT2D eigenvalue weighted by molar-refractivity contribution is -0.137. The van der Waals surface area contributed by atoms with Crippen LogP contribution in [0.3, 0.4) is 0 Å². The molecule has 2 heterocycles. The number of nitrogens with zero attached hydrogens (tertiary/aromatic N) is 3. The van der Waals surface area contributed by atoms with Gasteiger partial charge in [0.25, 0.3) is 5.91 Å². The van der Waals surface area contributed by atoms with E-state index < -0.39 is 18.0 Å². The minimum absolute atomic E-state index is 0.141. The van der Waals surface area contributed by atoms with Gasteiger partial charge in [-0.05, 0) is 48.4 Å². The van der Waals surface area contributed by atoms with Gasteiger partial charge in [0.2, 0.25) is 5.91 Å². The highest BCUT2D eigenvalue weighted by Gasteiger charge is 2.44. The van der Waals surface area contributed by atoms with Gasteiger partial charge in [-0.15, -0.1) is 0 Å². The van der Waals surface area contributed by atoms with Crippen LogP contribution in [0.5, 0.6) is 0 Å². The number of rotatable bonds is 4. The fourth-order valence-corrected chi connectivity index (χ4v) is 5.38. The summed E-state index contributed by atoms with van der Waals surface area (Å²) in [6, 6.07) is 10.5. The number of carbonyl (C=O) groups is 4. The average molecular weight is 553 g/mol. The average Bonchev–Trinajstić information content (AvgIpc) is 3.26. The van der Waals surface area contributed by atoms with Crippen LogP contribution in [0.15, 0.2) is 42.5 Å². The Balaban J connectivity index is 1.62. The predicted octanol–water partition coefficient (Wildman–Crippen LogP) is 4.42. The molecule has 3 amide bonds. The molecule has 2 fully saturated rings. The molecule has 11 heteroatoms. The van der Waals surface area contributed by atoms with Gasteiger partial charge < -0.3 is 14.9 Å². The Hall–Kier alpha value is -2.81. The Bertz CT molecular complexity index is 1210. The van der Waals surface area contributed by atoms with Gasteiger partial charge in [-0.25, -0.2) is 4.79 Å². The number of halogens is 3. The van der Waals surface area contributed by atoms with Crippen LogP contribution in [-0.4, -0.2) is 82.3 Å². The molecule has 2 aliphatic rings. The first-order chi connectivity index (χ1) is 17.1. The molecule has 0 bridgehead atoms. The number of ketones is 1. The van der Waals surface area contributed by atoms with E-state index in [1.54, 1.807) is 53.2 Å². The Morgan fingerprint density at radius 1 is 1.03 bits per heavy atom. The van der Waals surface area contributed by atoms with Crippen LogP contribution in [0.1, 0.15) is 34.7 Å². The normalized spacial score (nSPS) is 22.0. The molecule has 0 unspecified atom stereocenters. The second-order valence-corrected chi connectivity index (χ2v) is 10.3. The molecule has 2 saturated heterocycles. The zero-order chi connectivity index (χ0) is 26.1. The summed E-state index contributed by atoms with van der Waals surface area (Å²) in [6.07, 6.45) is -0.999. The number of carbonyl (C=O) groups excluding carboxylic acids is 3. The van der Waals surface area contributed by atoms with Crippen molar-refractivity contribution in [1.29, 1.82) is 0 Å².